The second-order valence-electron chi connectivity index (χ2n) is 5.31. The summed E-state index contributed by atoms with van der Waals surface area (Å²) in [6, 6.07) is 6.43. The summed E-state index contributed by atoms with van der Waals surface area (Å²) >= 11 is 0. The Bertz CT molecular complexity index is 500. The normalized spacial score (nSPS) is 14.3. The zero-order valence-electron chi connectivity index (χ0n) is 11.2. The van der Waals surface area contributed by atoms with Crippen LogP contribution in [0.4, 0.5) is 0 Å². The number of ether oxygens (including phenoxy) is 1. The summed E-state index contributed by atoms with van der Waals surface area (Å²) < 4.78 is 29.5. The Morgan fingerprint density at radius 3 is 2.33 bits per heavy atom. The van der Waals surface area contributed by atoms with Crippen molar-refractivity contribution in [1.82, 2.24) is 0 Å². The maximum atomic E-state index is 12.2. The molecule has 0 saturated heterocycles. The van der Waals surface area contributed by atoms with Gasteiger partial charge in [0.2, 0.25) is 0 Å². The Morgan fingerprint density at radius 2 is 1.83 bits per heavy atom. The van der Waals surface area contributed by atoms with Gasteiger partial charge in [-0.1, -0.05) is 32.9 Å². The third-order valence-electron chi connectivity index (χ3n) is 2.78. The minimum atomic E-state index is -3.56. The third kappa shape index (κ3) is 3.46. The second-order valence-corrected chi connectivity index (χ2v) is 7.32. The first-order chi connectivity index (χ1) is 8.18. The lowest BCUT2D eigenvalue weighted by Crippen LogP contribution is -2.33. The highest BCUT2D eigenvalue weighted by Gasteiger charge is 2.30. The number of benzene rings is 1. The van der Waals surface area contributed by atoms with Gasteiger partial charge in [-0.15, -0.1) is 0 Å². The molecule has 0 saturated carbocycles. The van der Waals surface area contributed by atoms with Crippen LogP contribution in [0.1, 0.15) is 20.8 Å². The molecule has 0 spiro atoms. The molecule has 0 amide bonds. The van der Waals surface area contributed by atoms with Gasteiger partial charge in [0.05, 0.1) is 19.0 Å². The lowest BCUT2D eigenvalue weighted by molar-refractivity contribution is 0.0826. The monoisotopic (exact) mass is 272 g/mol. The first kappa shape index (κ1) is 15.0. The van der Waals surface area contributed by atoms with Gasteiger partial charge in [-0.3, -0.25) is 0 Å². The highest BCUT2D eigenvalue weighted by Crippen LogP contribution is 2.27. The van der Waals surface area contributed by atoms with Crippen molar-refractivity contribution < 1.29 is 18.3 Å². The maximum absolute atomic E-state index is 12.2. The van der Waals surface area contributed by atoms with Crippen LogP contribution in [0, 0.1) is 5.41 Å². The largest absolute Gasteiger partial charge is 0.495 e. The van der Waals surface area contributed by atoms with Crippen molar-refractivity contribution in [2.75, 3.05) is 12.9 Å². The lowest BCUT2D eigenvalue weighted by atomic mass is 9.90. The first-order valence-electron chi connectivity index (χ1n) is 5.72. The van der Waals surface area contributed by atoms with Crippen LogP contribution >= 0.6 is 0 Å². The SMILES string of the molecule is COc1ccccc1S(=O)(=O)CC(O)C(C)(C)C. The molecule has 0 aliphatic heterocycles. The Hall–Kier alpha value is -1.07. The van der Waals surface area contributed by atoms with Gasteiger partial charge in [0.1, 0.15) is 10.6 Å². The van der Waals surface area contributed by atoms with Gasteiger partial charge in [-0.25, -0.2) is 8.42 Å². The predicted octanol–water partition coefficient (Wildman–Crippen LogP) is 1.88. The van der Waals surface area contributed by atoms with Crippen molar-refractivity contribution in [2.45, 2.75) is 31.8 Å². The Morgan fingerprint density at radius 1 is 1.28 bits per heavy atom. The van der Waals surface area contributed by atoms with E-state index in [0.29, 0.717) is 5.75 Å². The Kier molecular flexibility index (Phi) is 4.40. The van der Waals surface area contributed by atoms with Crippen LogP contribution in [0.2, 0.25) is 0 Å². The molecule has 0 heterocycles. The molecule has 1 aromatic rings. The van der Waals surface area contributed by atoms with Crippen LogP contribution in [0.5, 0.6) is 5.75 Å². The van der Waals surface area contributed by atoms with E-state index in [0.717, 1.165) is 0 Å². The van der Waals surface area contributed by atoms with E-state index in [9.17, 15) is 13.5 Å². The average molecular weight is 272 g/mol. The minimum Gasteiger partial charge on any atom is -0.495 e. The summed E-state index contributed by atoms with van der Waals surface area (Å²) in [5.74, 6) is -0.00439. The van der Waals surface area contributed by atoms with Gasteiger partial charge in [0.25, 0.3) is 0 Å². The molecule has 1 atom stereocenters. The fourth-order valence-electron chi connectivity index (χ4n) is 1.42. The smallest absolute Gasteiger partial charge is 0.184 e. The molecule has 4 nitrogen and oxygen atoms in total. The maximum Gasteiger partial charge on any atom is 0.184 e. The highest BCUT2D eigenvalue weighted by atomic mass is 32.2. The molecule has 1 rings (SSSR count). The van der Waals surface area contributed by atoms with E-state index in [1.54, 1.807) is 39.0 Å². The van der Waals surface area contributed by atoms with E-state index >= 15 is 0 Å². The fourth-order valence-corrected chi connectivity index (χ4v) is 3.26. The Balaban J connectivity index is 3.08. The molecule has 102 valence electrons. The molecular weight excluding hydrogens is 252 g/mol. The highest BCUT2D eigenvalue weighted by molar-refractivity contribution is 7.91. The predicted molar refractivity (Wildman–Crippen MR) is 70.5 cm³/mol. The van der Waals surface area contributed by atoms with Crippen LogP contribution in [-0.4, -0.2) is 32.5 Å². The summed E-state index contributed by atoms with van der Waals surface area (Å²) in [6.07, 6.45) is -0.924. The molecule has 0 bridgehead atoms. The van der Waals surface area contributed by atoms with Crippen LogP contribution in [0.15, 0.2) is 29.2 Å². The fraction of sp³-hybridized carbons (Fsp3) is 0.538. The number of sulfone groups is 1. The molecule has 1 aromatic carbocycles. The molecule has 0 fully saturated rings. The number of hydrogen-bond acceptors (Lipinski definition) is 4. The summed E-state index contributed by atoms with van der Waals surface area (Å²) in [5.41, 5.74) is -0.477. The van der Waals surface area contributed by atoms with Crippen molar-refractivity contribution in [2.24, 2.45) is 5.41 Å². The van der Waals surface area contributed by atoms with Crippen molar-refractivity contribution in [3.8, 4) is 5.75 Å². The number of aliphatic hydroxyl groups is 1. The second kappa shape index (κ2) is 5.28. The number of aliphatic hydroxyl groups excluding tert-OH is 1. The standard InChI is InChI=1S/C13H20O4S/c1-13(2,3)12(14)9-18(15,16)11-8-6-5-7-10(11)17-4/h5-8,12,14H,9H2,1-4H3. The summed E-state index contributed by atoms with van der Waals surface area (Å²) in [7, 11) is -2.14. The first-order valence-corrected chi connectivity index (χ1v) is 7.37. The minimum absolute atomic E-state index is 0.121. The molecule has 1 N–H and O–H groups in total. The Labute approximate surface area is 109 Å². The van der Waals surface area contributed by atoms with Gasteiger partial charge in [-0.2, -0.15) is 0 Å². The molecule has 0 aromatic heterocycles. The van der Waals surface area contributed by atoms with E-state index in [1.165, 1.54) is 13.2 Å². The van der Waals surface area contributed by atoms with E-state index in [2.05, 4.69) is 0 Å². The van der Waals surface area contributed by atoms with Gasteiger partial charge >= 0.3 is 0 Å². The molecule has 0 aliphatic rings. The van der Waals surface area contributed by atoms with Gasteiger partial charge < -0.3 is 9.84 Å². The van der Waals surface area contributed by atoms with Crippen LogP contribution < -0.4 is 4.74 Å². The number of methoxy groups -OCH3 is 1. The van der Waals surface area contributed by atoms with Crippen molar-refractivity contribution in [1.29, 1.82) is 0 Å². The van der Waals surface area contributed by atoms with Gasteiger partial charge in [-0.05, 0) is 17.5 Å². The molecule has 18 heavy (non-hydrogen) atoms. The number of para-hydroxylation sites is 1. The van der Waals surface area contributed by atoms with E-state index in [4.69, 9.17) is 4.74 Å². The van der Waals surface area contributed by atoms with Gasteiger partial charge in [0, 0.05) is 0 Å². The van der Waals surface area contributed by atoms with Crippen LogP contribution in [-0.2, 0) is 9.84 Å². The third-order valence-corrected chi connectivity index (χ3v) is 4.54. The molecule has 0 radical (unpaired) electrons. The molecule has 0 aliphatic carbocycles. The zero-order chi connectivity index (χ0) is 14.0. The molecular formula is C13H20O4S. The number of hydrogen-bond donors (Lipinski definition) is 1. The van der Waals surface area contributed by atoms with Crippen LogP contribution in [0.25, 0.3) is 0 Å². The molecule has 5 heteroatoms. The van der Waals surface area contributed by atoms with E-state index in [1.807, 2.05) is 0 Å². The summed E-state index contributed by atoms with van der Waals surface area (Å²) in [5, 5.41) is 9.93. The van der Waals surface area contributed by atoms with E-state index < -0.39 is 21.4 Å². The van der Waals surface area contributed by atoms with Gasteiger partial charge in [0.15, 0.2) is 9.84 Å². The molecule has 1 unspecified atom stereocenters. The average Bonchev–Trinajstić information content (AvgIpc) is 2.27. The number of rotatable bonds is 4. The summed E-state index contributed by atoms with van der Waals surface area (Å²) in [6.45, 7) is 5.40. The van der Waals surface area contributed by atoms with Crippen LogP contribution in [0.3, 0.4) is 0 Å². The van der Waals surface area contributed by atoms with E-state index in [-0.39, 0.29) is 10.6 Å². The zero-order valence-corrected chi connectivity index (χ0v) is 12.0. The summed E-state index contributed by atoms with van der Waals surface area (Å²) in [4.78, 5) is 0.121. The van der Waals surface area contributed by atoms with Crippen molar-refractivity contribution in [3.63, 3.8) is 0 Å². The van der Waals surface area contributed by atoms with Crippen molar-refractivity contribution in [3.05, 3.63) is 24.3 Å². The van der Waals surface area contributed by atoms with Crippen molar-refractivity contribution >= 4 is 9.84 Å². The quantitative estimate of drug-likeness (QED) is 0.909. The topological polar surface area (TPSA) is 63.6 Å². The lowest BCUT2D eigenvalue weighted by Gasteiger charge is -2.25.